The van der Waals surface area contributed by atoms with Crippen molar-refractivity contribution >= 4 is 5.84 Å². The molecule has 1 aliphatic carbocycles. The summed E-state index contributed by atoms with van der Waals surface area (Å²) in [6.45, 7) is 0.516. The highest BCUT2D eigenvalue weighted by atomic mass is 16.5. The Balaban J connectivity index is 1.90. The van der Waals surface area contributed by atoms with Gasteiger partial charge in [-0.2, -0.15) is 0 Å². The summed E-state index contributed by atoms with van der Waals surface area (Å²) in [5.41, 5.74) is 5.88. The molecule has 1 aliphatic rings. The Labute approximate surface area is 83.2 Å². The van der Waals surface area contributed by atoms with Crippen molar-refractivity contribution < 1.29 is 4.52 Å². The normalized spacial score (nSPS) is 19.0. The minimum atomic E-state index is 0.498. The van der Waals surface area contributed by atoms with Gasteiger partial charge in [0, 0.05) is 12.0 Å². The summed E-state index contributed by atoms with van der Waals surface area (Å²) in [7, 11) is 0. The van der Waals surface area contributed by atoms with Gasteiger partial charge in [0.1, 0.15) is 6.54 Å². The lowest BCUT2D eigenvalue weighted by Gasteiger charge is -2.06. The SMILES string of the molecule is NC(=NCc1ccno1)C1CCCC1. The van der Waals surface area contributed by atoms with Crippen LogP contribution in [0, 0.1) is 5.92 Å². The average Bonchev–Trinajstić information content (AvgIpc) is 2.87. The minimum Gasteiger partial charge on any atom is -0.387 e. The standard InChI is InChI=1S/C10H15N3O/c11-10(8-3-1-2-4-8)12-7-9-5-6-13-14-9/h5-6,8H,1-4,7H2,(H2,11,12). The van der Waals surface area contributed by atoms with Gasteiger partial charge in [0.2, 0.25) is 0 Å². The van der Waals surface area contributed by atoms with Crippen LogP contribution in [0.2, 0.25) is 0 Å². The smallest absolute Gasteiger partial charge is 0.158 e. The van der Waals surface area contributed by atoms with Crippen LogP contribution in [-0.2, 0) is 6.54 Å². The van der Waals surface area contributed by atoms with Crippen molar-refractivity contribution in [3.8, 4) is 0 Å². The predicted octanol–water partition coefficient (Wildman–Crippen LogP) is 1.72. The highest BCUT2D eigenvalue weighted by Gasteiger charge is 2.18. The van der Waals surface area contributed by atoms with Crippen molar-refractivity contribution in [1.29, 1.82) is 0 Å². The van der Waals surface area contributed by atoms with E-state index in [1.54, 1.807) is 6.20 Å². The number of nitrogens with zero attached hydrogens (tertiary/aromatic N) is 2. The van der Waals surface area contributed by atoms with Crippen molar-refractivity contribution in [3.63, 3.8) is 0 Å². The highest BCUT2D eigenvalue weighted by molar-refractivity contribution is 5.83. The summed E-state index contributed by atoms with van der Waals surface area (Å²) in [6.07, 6.45) is 6.56. The van der Waals surface area contributed by atoms with E-state index in [0.717, 1.165) is 11.6 Å². The van der Waals surface area contributed by atoms with Gasteiger partial charge in [-0.1, -0.05) is 18.0 Å². The Kier molecular flexibility index (Phi) is 2.81. The van der Waals surface area contributed by atoms with Gasteiger partial charge in [0.15, 0.2) is 5.76 Å². The number of rotatable bonds is 3. The molecule has 0 amide bonds. The largest absolute Gasteiger partial charge is 0.387 e. The van der Waals surface area contributed by atoms with Gasteiger partial charge in [-0.05, 0) is 12.8 Å². The first-order valence-corrected chi connectivity index (χ1v) is 5.05. The zero-order valence-corrected chi connectivity index (χ0v) is 8.15. The molecule has 1 aromatic heterocycles. The fourth-order valence-corrected chi connectivity index (χ4v) is 1.84. The molecule has 4 nitrogen and oxygen atoms in total. The number of aromatic nitrogens is 1. The Morgan fingerprint density at radius 1 is 1.57 bits per heavy atom. The Hall–Kier alpha value is -1.32. The molecule has 2 rings (SSSR count). The second kappa shape index (κ2) is 4.26. The molecule has 0 radical (unpaired) electrons. The van der Waals surface area contributed by atoms with Crippen molar-refractivity contribution in [1.82, 2.24) is 5.16 Å². The number of hydrogen-bond acceptors (Lipinski definition) is 3. The molecule has 0 spiro atoms. The third-order valence-corrected chi connectivity index (χ3v) is 2.68. The van der Waals surface area contributed by atoms with Crippen LogP contribution in [0.4, 0.5) is 0 Å². The molecule has 76 valence electrons. The molecule has 1 fully saturated rings. The van der Waals surface area contributed by atoms with Gasteiger partial charge in [0.05, 0.1) is 12.0 Å². The van der Waals surface area contributed by atoms with E-state index < -0.39 is 0 Å². The van der Waals surface area contributed by atoms with Crippen LogP contribution >= 0.6 is 0 Å². The van der Waals surface area contributed by atoms with Crippen LogP contribution in [0.3, 0.4) is 0 Å². The predicted molar refractivity (Wildman–Crippen MR) is 53.8 cm³/mol. The topological polar surface area (TPSA) is 64.4 Å². The van der Waals surface area contributed by atoms with E-state index >= 15 is 0 Å². The highest BCUT2D eigenvalue weighted by Crippen LogP contribution is 2.24. The van der Waals surface area contributed by atoms with Crippen LogP contribution in [0.1, 0.15) is 31.4 Å². The number of aliphatic imine (C=N–C) groups is 1. The number of hydrogen-bond donors (Lipinski definition) is 1. The van der Waals surface area contributed by atoms with E-state index in [9.17, 15) is 0 Å². The first-order valence-electron chi connectivity index (χ1n) is 5.05. The molecule has 1 heterocycles. The van der Waals surface area contributed by atoms with E-state index in [4.69, 9.17) is 10.3 Å². The summed E-state index contributed by atoms with van der Waals surface area (Å²) < 4.78 is 4.93. The maximum atomic E-state index is 5.88. The summed E-state index contributed by atoms with van der Waals surface area (Å²) in [4.78, 5) is 4.31. The van der Waals surface area contributed by atoms with Gasteiger partial charge < -0.3 is 10.3 Å². The molecule has 1 aromatic rings. The molecule has 2 N–H and O–H groups in total. The van der Waals surface area contributed by atoms with Gasteiger partial charge in [-0.25, -0.2) is 0 Å². The molecule has 0 aromatic carbocycles. The second-order valence-electron chi connectivity index (χ2n) is 3.70. The van der Waals surface area contributed by atoms with Crippen LogP contribution in [0.15, 0.2) is 21.8 Å². The van der Waals surface area contributed by atoms with E-state index in [0.29, 0.717) is 12.5 Å². The monoisotopic (exact) mass is 193 g/mol. The Morgan fingerprint density at radius 2 is 2.36 bits per heavy atom. The summed E-state index contributed by atoms with van der Waals surface area (Å²) >= 11 is 0. The molecule has 0 atom stereocenters. The maximum absolute atomic E-state index is 5.88. The van der Waals surface area contributed by atoms with Crippen LogP contribution in [0.5, 0.6) is 0 Å². The van der Waals surface area contributed by atoms with Gasteiger partial charge in [-0.3, -0.25) is 4.99 Å². The lowest BCUT2D eigenvalue weighted by molar-refractivity contribution is 0.385. The number of nitrogens with two attached hydrogens (primary N) is 1. The Morgan fingerprint density at radius 3 is 3.00 bits per heavy atom. The minimum absolute atomic E-state index is 0.498. The molecule has 4 heteroatoms. The molecule has 0 unspecified atom stereocenters. The molecule has 14 heavy (non-hydrogen) atoms. The van der Waals surface area contributed by atoms with E-state index in [2.05, 4.69) is 10.1 Å². The maximum Gasteiger partial charge on any atom is 0.158 e. The lowest BCUT2D eigenvalue weighted by atomic mass is 10.1. The van der Waals surface area contributed by atoms with E-state index in [1.807, 2.05) is 6.07 Å². The van der Waals surface area contributed by atoms with Crippen LogP contribution < -0.4 is 5.73 Å². The summed E-state index contributed by atoms with van der Waals surface area (Å²) in [5, 5.41) is 3.61. The Bertz CT molecular complexity index is 299. The zero-order chi connectivity index (χ0) is 9.80. The average molecular weight is 193 g/mol. The van der Waals surface area contributed by atoms with Crippen molar-refractivity contribution in [2.24, 2.45) is 16.6 Å². The van der Waals surface area contributed by atoms with Crippen molar-refractivity contribution in [2.45, 2.75) is 32.2 Å². The summed E-state index contributed by atoms with van der Waals surface area (Å²) in [5.74, 6) is 2.04. The van der Waals surface area contributed by atoms with Crippen LogP contribution in [0.25, 0.3) is 0 Å². The quantitative estimate of drug-likeness (QED) is 0.587. The zero-order valence-electron chi connectivity index (χ0n) is 8.15. The molecule has 1 saturated carbocycles. The first-order chi connectivity index (χ1) is 6.86. The van der Waals surface area contributed by atoms with Crippen LogP contribution in [-0.4, -0.2) is 11.0 Å². The van der Waals surface area contributed by atoms with Gasteiger partial charge in [0.25, 0.3) is 0 Å². The second-order valence-corrected chi connectivity index (χ2v) is 3.70. The van der Waals surface area contributed by atoms with Crippen molar-refractivity contribution in [2.75, 3.05) is 0 Å². The molecule has 0 bridgehead atoms. The third-order valence-electron chi connectivity index (χ3n) is 2.68. The number of amidine groups is 1. The van der Waals surface area contributed by atoms with Gasteiger partial charge in [-0.15, -0.1) is 0 Å². The fourth-order valence-electron chi connectivity index (χ4n) is 1.84. The molecule has 0 aliphatic heterocycles. The lowest BCUT2D eigenvalue weighted by Crippen LogP contribution is -2.21. The molecular formula is C10H15N3O. The van der Waals surface area contributed by atoms with Gasteiger partial charge >= 0.3 is 0 Å². The van der Waals surface area contributed by atoms with E-state index in [1.165, 1.54) is 25.7 Å². The fraction of sp³-hybridized carbons (Fsp3) is 0.600. The molecule has 0 saturated heterocycles. The van der Waals surface area contributed by atoms with Crippen molar-refractivity contribution in [3.05, 3.63) is 18.0 Å². The summed E-state index contributed by atoms with van der Waals surface area (Å²) in [6, 6.07) is 1.81. The molecular weight excluding hydrogens is 178 g/mol. The van der Waals surface area contributed by atoms with E-state index in [-0.39, 0.29) is 0 Å². The first kappa shape index (κ1) is 9.24. The third kappa shape index (κ3) is 2.13.